The summed E-state index contributed by atoms with van der Waals surface area (Å²) >= 11 is 0. The minimum atomic E-state index is 1.08. The molecule has 12 heavy (non-hydrogen) atoms. The van der Waals surface area contributed by atoms with Gasteiger partial charge in [0.2, 0.25) is 0 Å². The van der Waals surface area contributed by atoms with Gasteiger partial charge in [-0.15, -0.1) is 5.73 Å². The Morgan fingerprint density at radius 1 is 1.25 bits per heavy atom. The third kappa shape index (κ3) is 3.23. The van der Waals surface area contributed by atoms with Gasteiger partial charge in [-0.1, -0.05) is 30.3 Å². The van der Waals surface area contributed by atoms with Crippen LogP contribution in [-0.4, -0.2) is 0 Å². The first-order chi connectivity index (χ1) is 5.93. The second kappa shape index (κ2) is 5.40. The van der Waals surface area contributed by atoms with Crippen LogP contribution in [0.5, 0.6) is 0 Å². The lowest BCUT2D eigenvalue weighted by Gasteiger charge is -1.94. The molecule has 0 N–H and O–H groups in total. The monoisotopic (exact) mass is 158 g/mol. The van der Waals surface area contributed by atoms with Gasteiger partial charge in [-0.2, -0.15) is 0 Å². The fourth-order valence-electron chi connectivity index (χ4n) is 1.08. The summed E-state index contributed by atoms with van der Waals surface area (Å²) in [5.41, 5.74) is 4.46. The van der Waals surface area contributed by atoms with Gasteiger partial charge in [0.1, 0.15) is 0 Å². The molecule has 0 bridgehead atoms. The van der Waals surface area contributed by atoms with E-state index in [1.54, 1.807) is 0 Å². The number of hydrogen-bond acceptors (Lipinski definition) is 0. The summed E-state index contributed by atoms with van der Waals surface area (Å²) in [6.45, 7) is 1.99. The van der Waals surface area contributed by atoms with Crippen LogP contribution in [0.15, 0.2) is 48.2 Å². The Labute approximate surface area is 74.2 Å². The second-order valence-corrected chi connectivity index (χ2v) is 2.68. The molecule has 0 spiro atoms. The lowest BCUT2D eigenvalue weighted by Crippen LogP contribution is -1.80. The molecule has 0 heterocycles. The Balaban J connectivity index is 2.39. The summed E-state index contributed by atoms with van der Waals surface area (Å²) in [6.07, 6.45) is 6.20. The largest absolute Gasteiger partial charge is 0.130 e. The van der Waals surface area contributed by atoms with Gasteiger partial charge in [0, 0.05) is 0 Å². The van der Waals surface area contributed by atoms with Crippen molar-refractivity contribution in [2.75, 3.05) is 0 Å². The Morgan fingerprint density at radius 2 is 2.00 bits per heavy atom. The van der Waals surface area contributed by atoms with E-state index in [-0.39, 0.29) is 0 Å². The highest BCUT2D eigenvalue weighted by molar-refractivity contribution is 5.15. The maximum absolute atomic E-state index is 3.07. The maximum Gasteiger partial charge on any atom is -0.0234 e. The van der Waals surface area contributed by atoms with Gasteiger partial charge in [0.25, 0.3) is 0 Å². The van der Waals surface area contributed by atoms with Gasteiger partial charge in [-0.25, -0.2) is 0 Å². The summed E-state index contributed by atoms with van der Waals surface area (Å²) in [5.74, 6) is 0. The Kier molecular flexibility index (Phi) is 3.97. The molecule has 1 rings (SSSR count). The van der Waals surface area contributed by atoms with E-state index in [1.807, 2.05) is 19.1 Å². The molecule has 0 heteroatoms. The molecule has 0 amide bonds. The fourth-order valence-corrected chi connectivity index (χ4v) is 1.08. The zero-order chi connectivity index (χ0) is 8.65. The first kappa shape index (κ1) is 8.83. The highest BCUT2D eigenvalue weighted by atomic mass is 13.9. The van der Waals surface area contributed by atoms with Crippen molar-refractivity contribution in [1.29, 1.82) is 0 Å². The van der Waals surface area contributed by atoms with Crippen LogP contribution in [-0.2, 0) is 6.42 Å². The minimum Gasteiger partial charge on any atom is -0.130 e. The molecule has 0 atom stereocenters. The van der Waals surface area contributed by atoms with Gasteiger partial charge < -0.3 is 0 Å². The molecule has 0 aromatic heterocycles. The third-order valence-corrected chi connectivity index (χ3v) is 1.70. The molecule has 1 aromatic rings. The Bertz CT molecular complexity index is 263. The molecule has 62 valence electrons. The van der Waals surface area contributed by atoms with E-state index in [2.05, 4.69) is 36.1 Å². The van der Waals surface area contributed by atoms with E-state index < -0.39 is 0 Å². The van der Waals surface area contributed by atoms with E-state index in [1.165, 1.54) is 5.56 Å². The molecule has 0 saturated carbocycles. The second-order valence-electron chi connectivity index (χ2n) is 2.68. The third-order valence-electron chi connectivity index (χ3n) is 1.70. The van der Waals surface area contributed by atoms with Crippen molar-refractivity contribution in [2.24, 2.45) is 0 Å². The van der Waals surface area contributed by atoms with Gasteiger partial charge in [-0.3, -0.25) is 0 Å². The van der Waals surface area contributed by atoms with Crippen molar-refractivity contribution >= 4 is 0 Å². The zero-order valence-electron chi connectivity index (χ0n) is 7.46. The summed E-state index contributed by atoms with van der Waals surface area (Å²) in [4.78, 5) is 0. The van der Waals surface area contributed by atoms with Crippen LogP contribution in [0.4, 0.5) is 0 Å². The highest BCUT2D eigenvalue weighted by Gasteiger charge is 1.86. The minimum absolute atomic E-state index is 1.08. The number of hydrogen-bond donors (Lipinski definition) is 0. The molecule has 0 radical (unpaired) electrons. The predicted molar refractivity (Wildman–Crippen MR) is 53.1 cm³/mol. The average molecular weight is 158 g/mol. The van der Waals surface area contributed by atoms with Crippen LogP contribution in [0, 0.1) is 0 Å². The fraction of sp³-hybridized carbons (Fsp3) is 0.250. The van der Waals surface area contributed by atoms with E-state index in [9.17, 15) is 0 Å². The van der Waals surface area contributed by atoms with Crippen molar-refractivity contribution in [1.82, 2.24) is 0 Å². The van der Waals surface area contributed by atoms with Crippen LogP contribution in [0.25, 0.3) is 0 Å². The topological polar surface area (TPSA) is 0 Å². The van der Waals surface area contributed by atoms with E-state index >= 15 is 0 Å². The van der Waals surface area contributed by atoms with E-state index in [0.29, 0.717) is 0 Å². The lowest BCUT2D eigenvalue weighted by atomic mass is 10.1. The summed E-state index contributed by atoms with van der Waals surface area (Å²) in [6, 6.07) is 10.5. The Morgan fingerprint density at radius 3 is 2.67 bits per heavy atom. The smallest absolute Gasteiger partial charge is 0.0234 e. The molecular weight excluding hydrogens is 144 g/mol. The summed E-state index contributed by atoms with van der Waals surface area (Å²) in [7, 11) is 0. The standard InChI is InChI=1S/C12H14/c1-2-3-4-6-9-12-10-7-5-8-11-12/h2,4-5,7-8,10-11H,6,9H2,1H3. The van der Waals surface area contributed by atoms with Crippen molar-refractivity contribution in [3.05, 3.63) is 53.8 Å². The maximum atomic E-state index is 3.07. The Hall–Kier alpha value is -1.26. The van der Waals surface area contributed by atoms with Crippen LogP contribution in [0.3, 0.4) is 0 Å². The molecular formula is C12H14. The van der Waals surface area contributed by atoms with Crippen molar-refractivity contribution < 1.29 is 0 Å². The average Bonchev–Trinajstić information content (AvgIpc) is 2.14. The normalized spacial score (nSPS) is 8.75. The highest BCUT2D eigenvalue weighted by Crippen LogP contribution is 2.01. The van der Waals surface area contributed by atoms with Gasteiger partial charge in [0.05, 0.1) is 0 Å². The number of allylic oxidation sites excluding steroid dienone is 1. The van der Waals surface area contributed by atoms with Crippen molar-refractivity contribution in [3.63, 3.8) is 0 Å². The molecule has 0 saturated heterocycles. The quantitative estimate of drug-likeness (QED) is 0.592. The van der Waals surface area contributed by atoms with Crippen molar-refractivity contribution in [3.8, 4) is 0 Å². The molecule has 0 aliphatic heterocycles. The number of rotatable bonds is 3. The van der Waals surface area contributed by atoms with E-state index in [0.717, 1.165) is 12.8 Å². The van der Waals surface area contributed by atoms with Gasteiger partial charge in [0.15, 0.2) is 0 Å². The van der Waals surface area contributed by atoms with Crippen LogP contribution < -0.4 is 0 Å². The lowest BCUT2D eigenvalue weighted by molar-refractivity contribution is 1.00. The first-order valence-corrected chi connectivity index (χ1v) is 4.33. The number of benzene rings is 1. The first-order valence-electron chi connectivity index (χ1n) is 4.33. The molecule has 0 aliphatic carbocycles. The van der Waals surface area contributed by atoms with Crippen LogP contribution in [0.1, 0.15) is 18.9 Å². The molecule has 1 aromatic carbocycles. The van der Waals surface area contributed by atoms with Crippen LogP contribution >= 0.6 is 0 Å². The van der Waals surface area contributed by atoms with E-state index in [4.69, 9.17) is 0 Å². The summed E-state index contributed by atoms with van der Waals surface area (Å²) < 4.78 is 0. The molecule has 0 nitrogen and oxygen atoms in total. The van der Waals surface area contributed by atoms with Gasteiger partial charge in [-0.05, 0) is 37.5 Å². The van der Waals surface area contributed by atoms with Gasteiger partial charge >= 0.3 is 0 Å². The SMILES string of the molecule is CC=C=CCCc1ccccc1. The molecule has 0 unspecified atom stereocenters. The predicted octanol–water partition coefficient (Wildman–Crippen LogP) is 3.35. The molecule has 0 fully saturated rings. The summed E-state index contributed by atoms with van der Waals surface area (Å²) in [5, 5.41) is 0. The van der Waals surface area contributed by atoms with Crippen molar-refractivity contribution in [2.45, 2.75) is 19.8 Å². The molecule has 0 aliphatic rings. The zero-order valence-corrected chi connectivity index (χ0v) is 7.46. The number of aryl methyl sites for hydroxylation is 1. The van der Waals surface area contributed by atoms with Crippen LogP contribution in [0.2, 0.25) is 0 Å².